The molecule has 0 bridgehead atoms. The number of nitrogens with zero attached hydrogens (tertiary/aromatic N) is 2. The zero-order valence-electron chi connectivity index (χ0n) is 10.3. The van der Waals surface area contributed by atoms with Crippen LogP contribution in [0.1, 0.15) is 5.56 Å². The molecule has 1 aromatic heterocycles. The zero-order chi connectivity index (χ0) is 13.4. The molecular weight excluding hydrogens is 318 g/mol. The Kier molecular flexibility index (Phi) is 3.54. The van der Waals surface area contributed by atoms with Crippen molar-refractivity contribution >= 4 is 33.5 Å². The second-order valence-electron chi connectivity index (χ2n) is 3.97. The number of aromatic nitrogens is 2. The fourth-order valence-corrected chi connectivity index (χ4v) is 2.60. The summed E-state index contributed by atoms with van der Waals surface area (Å²) in [6.07, 6.45) is 0. The molecule has 96 valence electrons. The average Bonchev–Trinajstić information content (AvgIpc) is 2.56. The van der Waals surface area contributed by atoms with E-state index in [1.54, 1.807) is 11.7 Å². The topological polar surface area (TPSA) is 53.1 Å². The van der Waals surface area contributed by atoms with Gasteiger partial charge in [0.2, 0.25) is 5.95 Å². The molecule has 0 unspecified atom stereocenters. The fourth-order valence-electron chi connectivity index (χ4n) is 1.84. The van der Waals surface area contributed by atoms with Crippen molar-refractivity contribution in [3.8, 4) is 17.0 Å². The summed E-state index contributed by atoms with van der Waals surface area (Å²) in [5.41, 5.74) is 8.29. The number of hydrogen-bond acceptors (Lipinski definition) is 3. The first-order valence-corrected chi connectivity index (χ1v) is 6.45. The van der Waals surface area contributed by atoms with E-state index < -0.39 is 0 Å². The van der Waals surface area contributed by atoms with Crippen molar-refractivity contribution in [1.29, 1.82) is 0 Å². The maximum atomic E-state index is 6.09. The monoisotopic (exact) mass is 329 g/mol. The Bertz CT molecular complexity index is 610. The van der Waals surface area contributed by atoms with Crippen molar-refractivity contribution in [3.05, 3.63) is 27.3 Å². The quantitative estimate of drug-likeness (QED) is 0.918. The van der Waals surface area contributed by atoms with E-state index in [4.69, 9.17) is 22.1 Å². The number of benzene rings is 1. The van der Waals surface area contributed by atoms with Gasteiger partial charge < -0.3 is 15.0 Å². The smallest absolute Gasteiger partial charge is 0.201 e. The lowest BCUT2D eigenvalue weighted by Crippen LogP contribution is -1.96. The van der Waals surface area contributed by atoms with Crippen LogP contribution < -0.4 is 10.5 Å². The highest BCUT2D eigenvalue weighted by molar-refractivity contribution is 9.10. The third-order valence-electron chi connectivity index (χ3n) is 2.76. The molecule has 0 atom stereocenters. The molecule has 2 aromatic rings. The van der Waals surface area contributed by atoms with Crippen LogP contribution in [0.2, 0.25) is 5.02 Å². The van der Waals surface area contributed by atoms with Crippen LogP contribution in [0.4, 0.5) is 5.95 Å². The summed E-state index contributed by atoms with van der Waals surface area (Å²) < 4.78 is 7.97. The molecule has 1 aromatic carbocycles. The van der Waals surface area contributed by atoms with Crippen LogP contribution in [0.5, 0.6) is 5.75 Å². The summed E-state index contributed by atoms with van der Waals surface area (Å²) >= 11 is 9.56. The van der Waals surface area contributed by atoms with Gasteiger partial charge in [0.05, 0.1) is 7.11 Å². The van der Waals surface area contributed by atoms with Crippen molar-refractivity contribution in [2.45, 2.75) is 6.92 Å². The first-order valence-electron chi connectivity index (χ1n) is 5.28. The van der Waals surface area contributed by atoms with E-state index in [0.717, 1.165) is 27.2 Å². The number of aryl methyl sites for hydroxylation is 1. The molecular formula is C12H13BrClN3O. The molecule has 0 amide bonds. The largest absolute Gasteiger partial charge is 0.496 e. The van der Waals surface area contributed by atoms with Crippen molar-refractivity contribution in [2.75, 3.05) is 12.8 Å². The zero-order valence-corrected chi connectivity index (χ0v) is 12.6. The molecule has 0 aliphatic rings. The fraction of sp³-hybridized carbons (Fsp3) is 0.250. The van der Waals surface area contributed by atoms with E-state index in [-0.39, 0.29) is 0 Å². The lowest BCUT2D eigenvalue weighted by atomic mass is 10.1. The molecule has 0 aliphatic heterocycles. The minimum absolute atomic E-state index is 0.427. The van der Waals surface area contributed by atoms with Crippen LogP contribution in [0.3, 0.4) is 0 Å². The number of imidazole rings is 1. The Hall–Kier alpha value is -1.20. The highest BCUT2D eigenvalue weighted by Gasteiger charge is 2.18. The number of nitrogen functional groups attached to an aromatic ring is 1. The van der Waals surface area contributed by atoms with E-state index in [9.17, 15) is 0 Å². The SMILES string of the molecule is COc1c(C)cc(Cl)cc1-c1nc(N)n(C)c1Br. The minimum Gasteiger partial charge on any atom is -0.496 e. The summed E-state index contributed by atoms with van der Waals surface area (Å²) in [5, 5.41) is 0.638. The second-order valence-corrected chi connectivity index (χ2v) is 5.16. The number of anilines is 1. The van der Waals surface area contributed by atoms with E-state index in [1.807, 2.05) is 26.1 Å². The molecule has 0 aliphatic carbocycles. The van der Waals surface area contributed by atoms with Gasteiger partial charge in [-0.3, -0.25) is 0 Å². The summed E-state index contributed by atoms with van der Waals surface area (Å²) in [6, 6.07) is 3.67. The molecule has 0 saturated heterocycles. The molecule has 0 fully saturated rings. The van der Waals surface area contributed by atoms with Crippen LogP contribution in [0, 0.1) is 6.92 Å². The number of rotatable bonds is 2. The van der Waals surface area contributed by atoms with Crippen molar-refractivity contribution in [3.63, 3.8) is 0 Å². The van der Waals surface area contributed by atoms with Crippen molar-refractivity contribution in [2.24, 2.45) is 7.05 Å². The molecule has 0 saturated carbocycles. The Balaban J connectivity index is 2.73. The normalized spacial score (nSPS) is 10.7. The van der Waals surface area contributed by atoms with Gasteiger partial charge in [0.1, 0.15) is 16.0 Å². The van der Waals surface area contributed by atoms with E-state index in [2.05, 4.69) is 20.9 Å². The Morgan fingerprint density at radius 1 is 1.44 bits per heavy atom. The van der Waals surface area contributed by atoms with Gasteiger partial charge in [-0.15, -0.1) is 0 Å². The first kappa shape index (κ1) is 13.2. The lowest BCUT2D eigenvalue weighted by Gasteiger charge is -2.11. The molecule has 2 N–H and O–H groups in total. The molecule has 6 heteroatoms. The van der Waals surface area contributed by atoms with E-state index in [0.29, 0.717) is 11.0 Å². The van der Waals surface area contributed by atoms with Crippen LogP contribution >= 0.6 is 27.5 Å². The van der Waals surface area contributed by atoms with Crippen LogP contribution in [0.15, 0.2) is 16.7 Å². The number of ether oxygens (including phenoxy) is 1. The molecule has 4 nitrogen and oxygen atoms in total. The van der Waals surface area contributed by atoms with Gasteiger partial charge in [-0.2, -0.15) is 0 Å². The van der Waals surface area contributed by atoms with Gasteiger partial charge in [-0.05, 0) is 40.5 Å². The van der Waals surface area contributed by atoms with Crippen LogP contribution in [-0.2, 0) is 7.05 Å². The lowest BCUT2D eigenvalue weighted by molar-refractivity contribution is 0.413. The highest BCUT2D eigenvalue weighted by atomic mass is 79.9. The van der Waals surface area contributed by atoms with Crippen molar-refractivity contribution in [1.82, 2.24) is 9.55 Å². The van der Waals surface area contributed by atoms with Gasteiger partial charge >= 0.3 is 0 Å². The van der Waals surface area contributed by atoms with Gasteiger partial charge in [-0.25, -0.2) is 4.98 Å². The second kappa shape index (κ2) is 4.82. The summed E-state index contributed by atoms with van der Waals surface area (Å²) in [6.45, 7) is 1.94. The van der Waals surface area contributed by atoms with Gasteiger partial charge in [0.25, 0.3) is 0 Å². The van der Waals surface area contributed by atoms with Gasteiger partial charge in [0.15, 0.2) is 0 Å². The van der Waals surface area contributed by atoms with Gasteiger partial charge in [-0.1, -0.05) is 11.6 Å². The Morgan fingerprint density at radius 2 is 2.11 bits per heavy atom. The third kappa shape index (κ3) is 2.08. The molecule has 18 heavy (non-hydrogen) atoms. The molecule has 1 heterocycles. The standard InChI is InChI=1S/C12H13BrClN3O/c1-6-4-7(14)5-8(10(6)18-3)9-11(13)17(2)12(15)16-9/h4-5H,1-3H3,(H2,15,16). The summed E-state index contributed by atoms with van der Waals surface area (Å²) in [5.74, 6) is 1.18. The highest BCUT2D eigenvalue weighted by Crippen LogP contribution is 2.39. The molecule has 0 spiro atoms. The van der Waals surface area contributed by atoms with Gasteiger partial charge in [0, 0.05) is 17.6 Å². The Labute approximate surface area is 119 Å². The predicted octanol–water partition coefficient (Wildman–Crippen LogP) is 3.40. The number of halogens is 2. The summed E-state index contributed by atoms with van der Waals surface area (Å²) in [4.78, 5) is 4.33. The number of nitrogens with two attached hydrogens (primary N) is 1. The number of hydrogen-bond donors (Lipinski definition) is 1. The Morgan fingerprint density at radius 3 is 2.61 bits per heavy atom. The molecule has 0 radical (unpaired) electrons. The van der Waals surface area contributed by atoms with Crippen LogP contribution in [-0.4, -0.2) is 16.7 Å². The van der Waals surface area contributed by atoms with E-state index in [1.165, 1.54) is 0 Å². The average molecular weight is 331 g/mol. The summed E-state index contributed by atoms with van der Waals surface area (Å²) in [7, 11) is 3.46. The van der Waals surface area contributed by atoms with E-state index >= 15 is 0 Å². The third-order valence-corrected chi connectivity index (χ3v) is 3.88. The van der Waals surface area contributed by atoms with Crippen molar-refractivity contribution < 1.29 is 4.74 Å². The number of methoxy groups -OCH3 is 1. The molecule has 2 rings (SSSR count). The predicted molar refractivity (Wildman–Crippen MR) is 77.1 cm³/mol. The maximum Gasteiger partial charge on any atom is 0.201 e. The minimum atomic E-state index is 0.427. The maximum absolute atomic E-state index is 6.09. The first-order chi connectivity index (χ1) is 8.45. The van der Waals surface area contributed by atoms with Crippen LogP contribution in [0.25, 0.3) is 11.3 Å².